The number of benzene rings is 3. The van der Waals surface area contributed by atoms with Gasteiger partial charge >= 0.3 is 0 Å². The van der Waals surface area contributed by atoms with Crippen LogP contribution in [0.15, 0.2) is 48.8 Å². The van der Waals surface area contributed by atoms with Crippen LogP contribution >= 0.6 is 0 Å². The van der Waals surface area contributed by atoms with Gasteiger partial charge in [0.2, 0.25) is 0 Å². The van der Waals surface area contributed by atoms with Gasteiger partial charge in [0.1, 0.15) is 5.52 Å². The molecule has 0 fully saturated rings. The summed E-state index contributed by atoms with van der Waals surface area (Å²) in [6.45, 7) is 20.9. The number of pyridine rings is 1. The molecule has 4 nitrogen and oxygen atoms in total. The number of rotatable bonds is 2. The summed E-state index contributed by atoms with van der Waals surface area (Å²) in [7, 11) is 2.08. The smallest absolute Gasteiger partial charge is 0.287 e. The summed E-state index contributed by atoms with van der Waals surface area (Å²) in [5, 5.41) is 4.97. The van der Waals surface area contributed by atoms with Crippen LogP contribution in [-0.4, -0.2) is 9.38 Å². The zero-order valence-corrected chi connectivity index (χ0v) is 21.6. The largest absolute Gasteiger partial charge is 0.308 e. The third kappa shape index (κ3) is 3.04. The summed E-state index contributed by atoms with van der Waals surface area (Å²) in [4.78, 5) is 8.79. The Bertz CT molecular complexity index is 1860. The van der Waals surface area contributed by atoms with Gasteiger partial charge in [-0.15, -0.1) is 0 Å². The van der Waals surface area contributed by atoms with Crippen molar-refractivity contribution in [1.82, 2.24) is 9.38 Å². The highest BCUT2D eigenvalue weighted by molar-refractivity contribution is 6.25. The average Bonchev–Trinajstić information content (AvgIpc) is 3.12. The Kier molecular flexibility index (Phi) is 4.31. The van der Waals surface area contributed by atoms with E-state index in [-0.39, 0.29) is 5.41 Å². The molecular weight excluding hydrogens is 428 g/mol. The number of hydrogen-bond donors (Lipinski definition) is 0. The molecule has 6 rings (SSSR count). The number of aromatic nitrogens is 3. The highest BCUT2D eigenvalue weighted by Crippen LogP contribution is 2.42. The predicted molar refractivity (Wildman–Crippen MR) is 145 cm³/mol. The molecule has 0 N–H and O–H groups in total. The first-order valence-electron chi connectivity index (χ1n) is 12.3. The lowest BCUT2D eigenvalue weighted by Crippen LogP contribution is -2.30. The third-order valence-corrected chi connectivity index (χ3v) is 7.46. The molecule has 174 valence electrons. The second kappa shape index (κ2) is 6.92. The van der Waals surface area contributed by atoms with Crippen LogP contribution in [0.3, 0.4) is 0 Å². The lowest BCUT2D eigenvalue weighted by molar-refractivity contribution is -0.646. The van der Waals surface area contributed by atoms with E-state index in [1.54, 1.807) is 0 Å². The Morgan fingerprint density at radius 2 is 1.69 bits per heavy atom. The fourth-order valence-electron chi connectivity index (χ4n) is 5.76. The minimum atomic E-state index is -0.628. The quantitative estimate of drug-likeness (QED) is 0.116. The Balaban J connectivity index is 1.93. The summed E-state index contributed by atoms with van der Waals surface area (Å²) < 4.78 is 4.60. The van der Waals surface area contributed by atoms with Crippen molar-refractivity contribution in [3.05, 3.63) is 76.9 Å². The molecule has 0 radical (unpaired) electrons. The third-order valence-electron chi connectivity index (χ3n) is 7.46. The lowest BCUT2D eigenvalue weighted by Gasteiger charge is -2.18. The Hall–Kier alpha value is -3.71. The molecule has 0 bridgehead atoms. The van der Waals surface area contributed by atoms with Gasteiger partial charge < -0.3 is 9.25 Å². The normalized spacial score (nSPS) is 13.1. The first-order chi connectivity index (χ1) is 16.5. The average molecular weight is 460 g/mol. The second-order valence-electron chi connectivity index (χ2n) is 11.8. The molecule has 3 heterocycles. The Morgan fingerprint density at radius 1 is 0.943 bits per heavy atom. The molecule has 0 amide bonds. The van der Waals surface area contributed by atoms with Crippen LogP contribution in [0, 0.1) is 18.9 Å². The van der Waals surface area contributed by atoms with Gasteiger partial charge in [-0.3, -0.25) is 0 Å². The standard InChI is InChI=1S/C31H31N4/c1-18-9-11-22-21-12-10-19(16-30(2,3)4)13-24(21)35-25-15-20(31(5,6)32-7)14-23-27(25)29(26(18)28(22)35)34(8)17-33-23/h9-15,17H,16H2,1-6,8H3/q+1. The molecule has 3 aromatic heterocycles. The topological polar surface area (TPSA) is 25.5 Å². The molecule has 0 unspecified atom stereocenters. The van der Waals surface area contributed by atoms with Crippen LogP contribution in [0.25, 0.3) is 54.0 Å². The van der Waals surface area contributed by atoms with E-state index in [2.05, 4.69) is 91.0 Å². The van der Waals surface area contributed by atoms with Gasteiger partial charge in [-0.2, -0.15) is 0 Å². The monoisotopic (exact) mass is 459 g/mol. The maximum Gasteiger partial charge on any atom is 0.287 e. The molecule has 0 aliphatic heterocycles. The fourth-order valence-corrected chi connectivity index (χ4v) is 5.76. The van der Waals surface area contributed by atoms with Crippen LogP contribution in [-0.2, 0) is 19.0 Å². The molecule has 4 heteroatoms. The van der Waals surface area contributed by atoms with Gasteiger partial charge in [0.15, 0.2) is 5.52 Å². The number of fused-ring (bicyclic) bond motifs is 5. The molecule has 3 aromatic carbocycles. The van der Waals surface area contributed by atoms with E-state index < -0.39 is 5.54 Å². The van der Waals surface area contributed by atoms with Crippen molar-refractivity contribution < 1.29 is 4.57 Å². The van der Waals surface area contributed by atoms with Gasteiger partial charge in [0.05, 0.1) is 29.0 Å². The molecule has 0 aliphatic rings. The summed E-state index contributed by atoms with van der Waals surface area (Å²) >= 11 is 0. The van der Waals surface area contributed by atoms with Gasteiger partial charge in [0, 0.05) is 41.6 Å². The summed E-state index contributed by atoms with van der Waals surface area (Å²) in [6, 6.07) is 15.8. The summed E-state index contributed by atoms with van der Waals surface area (Å²) in [6.07, 6.45) is 2.93. The Morgan fingerprint density at radius 3 is 2.40 bits per heavy atom. The van der Waals surface area contributed by atoms with Crippen molar-refractivity contribution in [2.24, 2.45) is 12.5 Å². The van der Waals surface area contributed by atoms with E-state index in [9.17, 15) is 0 Å². The SMILES string of the molecule is [C-]#[N+]C(C)(C)c1cc2nc[n+](C)c3c4c(C)ccc5c6ccc(CC(C)(C)C)cc6n(c(c1)c23)c54. The molecule has 0 aliphatic carbocycles. The van der Waals surface area contributed by atoms with Crippen molar-refractivity contribution in [3.63, 3.8) is 0 Å². The van der Waals surface area contributed by atoms with Crippen LogP contribution in [0.2, 0.25) is 0 Å². The van der Waals surface area contributed by atoms with E-state index in [4.69, 9.17) is 11.6 Å². The predicted octanol–water partition coefficient (Wildman–Crippen LogP) is 7.26. The zero-order valence-electron chi connectivity index (χ0n) is 21.6. The Labute approximate surface area is 206 Å². The first kappa shape index (κ1) is 21.8. The summed E-state index contributed by atoms with van der Waals surface area (Å²) in [5.74, 6) is 0. The van der Waals surface area contributed by atoms with Crippen molar-refractivity contribution in [1.29, 1.82) is 0 Å². The fraction of sp³-hybridized carbons (Fsp3) is 0.323. The van der Waals surface area contributed by atoms with Gasteiger partial charge in [0.25, 0.3) is 11.9 Å². The number of nitrogens with zero attached hydrogens (tertiary/aromatic N) is 4. The molecule has 35 heavy (non-hydrogen) atoms. The second-order valence-corrected chi connectivity index (χ2v) is 11.8. The maximum atomic E-state index is 7.84. The van der Waals surface area contributed by atoms with E-state index in [1.807, 2.05) is 20.2 Å². The minimum Gasteiger partial charge on any atom is -0.308 e. The van der Waals surface area contributed by atoms with E-state index in [0.717, 1.165) is 28.4 Å². The summed E-state index contributed by atoms with van der Waals surface area (Å²) in [5.41, 5.74) is 8.93. The number of aryl methyl sites for hydroxylation is 2. The molecular formula is C31H31N4+. The van der Waals surface area contributed by atoms with Gasteiger partial charge in [-0.1, -0.05) is 45.0 Å². The van der Waals surface area contributed by atoms with Crippen molar-refractivity contribution in [3.8, 4) is 0 Å². The highest BCUT2D eigenvalue weighted by Gasteiger charge is 2.31. The van der Waals surface area contributed by atoms with E-state index >= 15 is 0 Å². The van der Waals surface area contributed by atoms with Crippen LogP contribution in [0.4, 0.5) is 0 Å². The van der Waals surface area contributed by atoms with Crippen LogP contribution in [0.5, 0.6) is 0 Å². The molecule has 6 aromatic rings. The number of hydrogen-bond acceptors (Lipinski definition) is 1. The maximum absolute atomic E-state index is 7.84. The van der Waals surface area contributed by atoms with Crippen LogP contribution < -0.4 is 4.57 Å². The zero-order chi connectivity index (χ0) is 24.9. The van der Waals surface area contributed by atoms with Crippen molar-refractivity contribution in [2.45, 2.75) is 53.5 Å². The molecule has 0 spiro atoms. The lowest BCUT2D eigenvalue weighted by atomic mass is 9.88. The van der Waals surface area contributed by atoms with Gasteiger partial charge in [-0.05, 0) is 47.0 Å². The van der Waals surface area contributed by atoms with Crippen molar-refractivity contribution >= 4 is 49.1 Å². The van der Waals surface area contributed by atoms with Crippen molar-refractivity contribution in [2.75, 3.05) is 0 Å². The van der Waals surface area contributed by atoms with E-state index in [1.165, 1.54) is 43.8 Å². The van der Waals surface area contributed by atoms with E-state index in [0.29, 0.717) is 0 Å². The van der Waals surface area contributed by atoms with Crippen LogP contribution in [0.1, 0.15) is 51.3 Å². The molecule has 0 saturated carbocycles. The molecule has 0 atom stereocenters. The molecule has 0 saturated heterocycles. The first-order valence-corrected chi connectivity index (χ1v) is 12.3. The minimum absolute atomic E-state index is 0.209. The van der Waals surface area contributed by atoms with Gasteiger partial charge in [-0.25, -0.2) is 11.1 Å². The highest BCUT2D eigenvalue weighted by atomic mass is 15.0.